The molecule has 2 aromatic rings. The molecule has 0 radical (unpaired) electrons. The third kappa shape index (κ3) is 2.98. The van der Waals surface area contributed by atoms with Gasteiger partial charge in [-0.25, -0.2) is 0 Å². The van der Waals surface area contributed by atoms with Gasteiger partial charge < -0.3 is 11.1 Å². The molecule has 1 atom stereocenters. The first-order chi connectivity index (χ1) is 8.58. The molecule has 1 unspecified atom stereocenters. The van der Waals surface area contributed by atoms with Crippen LogP contribution in [0.1, 0.15) is 24.8 Å². The summed E-state index contributed by atoms with van der Waals surface area (Å²) in [5, 5.41) is 6.28. The van der Waals surface area contributed by atoms with Crippen LogP contribution < -0.4 is 11.1 Å². The second-order valence-corrected chi connectivity index (χ2v) is 6.03. The van der Waals surface area contributed by atoms with E-state index in [9.17, 15) is 0 Å². The highest BCUT2D eigenvalue weighted by Gasteiger charge is 2.17. The third-order valence-electron chi connectivity index (χ3n) is 2.84. The Labute approximate surface area is 117 Å². The zero-order valence-corrected chi connectivity index (χ0v) is 12.1. The second-order valence-electron chi connectivity index (χ2n) is 4.61. The molecule has 96 valence electrons. The van der Waals surface area contributed by atoms with E-state index in [0.29, 0.717) is 10.9 Å². The van der Waals surface area contributed by atoms with Gasteiger partial charge >= 0.3 is 0 Å². The molecule has 3 N–H and O–H groups in total. The topological polar surface area (TPSA) is 38.0 Å². The van der Waals surface area contributed by atoms with Crippen molar-refractivity contribution in [3.8, 4) is 0 Å². The van der Waals surface area contributed by atoms with Gasteiger partial charge in [0, 0.05) is 9.90 Å². The van der Waals surface area contributed by atoms with Crippen molar-refractivity contribution in [1.82, 2.24) is 0 Å². The lowest BCUT2D eigenvalue weighted by Gasteiger charge is -2.23. The molecule has 0 aliphatic carbocycles. The predicted octanol–water partition coefficient (Wildman–Crippen LogP) is 4.79. The number of hydrogen-bond donors (Lipinski definition) is 2. The largest absolute Gasteiger partial charge is 0.397 e. The van der Waals surface area contributed by atoms with E-state index in [4.69, 9.17) is 17.3 Å². The van der Waals surface area contributed by atoms with Gasteiger partial charge in [0.15, 0.2) is 0 Å². The summed E-state index contributed by atoms with van der Waals surface area (Å²) < 4.78 is 0. The van der Waals surface area contributed by atoms with E-state index in [-0.39, 0.29) is 6.04 Å². The molecule has 2 nitrogen and oxygen atoms in total. The van der Waals surface area contributed by atoms with Gasteiger partial charge in [0.1, 0.15) is 0 Å². The molecule has 0 fully saturated rings. The number of anilines is 2. The van der Waals surface area contributed by atoms with E-state index in [1.807, 2.05) is 12.1 Å². The Morgan fingerprint density at radius 3 is 2.67 bits per heavy atom. The average molecular weight is 281 g/mol. The first-order valence-corrected chi connectivity index (χ1v) is 7.18. The van der Waals surface area contributed by atoms with Crippen molar-refractivity contribution in [3.05, 3.63) is 45.6 Å². The normalized spacial score (nSPS) is 12.7. The van der Waals surface area contributed by atoms with Gasteiger partial charge in [-0.2, -0.15) is 0 Å². The number of nitrogen functional groups attached to an aromatic ring is 1. The summed E-state index contributed by atoms with van der Waals surface area (Å²) in [5.41, 5.74) is 7.60. The van der Waals surface area contributed by atoms with Gasteiger partial charge in [0.05, 0.1) is 17.4 Å². The number of hydrogen-bond acceptors (Lipinski definition) is 3. The van der Waals surface area contributed by atoms with E-state index in [0.717, 1.165) is 11.4 Å². The molecule has 0 aliphatic rings. The van der Waals surface area contributed by atoms with Crippen LogP contribution in [0, 0.1) is 5.92 Å². The van der Waals surface area contributed by atoms with Crippen molar-refractivity contribution in [2.24, 2.45) is 5.92 Å². The van der Waals surface area contributed by atoms with Gasteiger partial charge in [-0.1, -0.05) is 31.5 Å². The summed E-state index contributed by atoms with van der Waals surface area (Å²) >= 11 is 7.76. The summed E-state index contributed by atoms with van der Waals surface area (Å²) in [7, 11) is 0. The molecule has 0 amide bonds. The fourth-order valence-corrected chi connectivity index (χ4v) is 2.98. The summed E-state index contributed by atoms with van der Waals surface area (Å²) in [6, 6.07) is 9.97. The lowest BCUT2D eigenvalue weighted by atomic mass is 10.0. The van der Waals surface area contributed by atoms with Crippen molar-refractivity contribution in [1.29, 1.82) is 0 Å². The summed E-state index contributed by atoms with van der Waals surface area (Å²) in [5.74, 6) is 0.474. The molecule has 4 heteroatoms. The van der Waals surface area contributed by atoms with Crippen LogP contribution in [0.25, 0.3) is 0 Å². The maximum absolute atomic E-state index is 6.01. The number of nitrogens with two attached hydrogens (primary N) is 1. The minimum Gasteiger partial charge on any atom is -0.397 e. The standard InChI is InChI=1S/C14H17ClN2S/c1-9(2)14(13-4-3-7-18-13)17-12-8-10(15)5-6-11(12)16/h3-9,14,17H,16H2,1-2H3. The Balaban J connectivity index is 2.27. The fraction of sp³-hybridized carbons (Fsp3) is 0.286. The predicted molar refractivity (Wildman–Crippen MR) is 81.4 cm³/mol. The van der Waals surface area contributed by atoms with Gasteiger partial charge in [-0.15, -0.1) is 11.3 Å². The molecule has 1 heterocycles. The third-order valence-corrected chi connectivity index (χ3v) is 4.03. The molecule has 0 bridgehead atoms. The number of halogens is 1. The van der Waals surface area contributed by atoms with Crippen LogP contribution in [0.4, 0.5) is 11.4 Å². The molecule has 0 saturated carbocycles. The minimum atomic E-state index is 0.255. The molecule has 1 aromatic heterocycles. The van der Waals surface area contributed by atoms with Crippen LogP contribution >= 0.6 is 22.9 Å². The molecule has 2 rings (SSSR count). The SMILES string of the molecule is CC(C)C(Nc1cc(Cl)ccc1N)c1cccs1. The van der Waals surface area contributed by atoms with Gasteiger partial charge in [-0.05, 0) is 35.6 Å². The first-order valence-electron chi connectivity index (χ1n) is 5.93. The Hall–Kier alpha value is -1.19. The van der Waals surface area contributed by atoms with Crippen molar-refractivity contribution >= 4 is 34.3 Å². The van der Waals surface area contributed by atoms with Gasteiger partial charge in [0.2, 0.25) is 0 Å². The smallest absolute Gasteiger partial charge is 0.0630 e. The molecule has 1 aromatic carbocycles. The number of nitrogens with one attached hydrogen (secondary N) is 1. The average Bonchev–Trinajstić information content (AvgIpc) is 2.83. The van der Waals surface area contributed by atoms with Crippen LogP contribution in [0.3, 0.4) is 0 Å². The Bertz CT molecular complexity index is 509. The van der Waals surface area contributed by atoms with E-state index in [2.05, 4.69) is 36.7 Å². The number of thiophene rings is 1. The van der Waals surface area contributed by atoms with Crippen LogP contribution in [0.15, 0.2) is 35.7 Å². The molecule has 0 spiro atoms. The molecule has 18 heavy (non-hydrogen) atoms. The molecule has 0 saturated heterocycles. The Kier molecular flexibility index (Phi) is 4.15. The number of rotatable bonds is 4. The summed E-state index contributed by atoms with van der Waals surface area (Å²) in [6.45, 7) is 4.39. The van der Waals surface area contributed by atoms with Crippen molar-refractivity contribution in [2.75, 3.05) is 11.1 Å². The summed E-state index contributed by atoms with van der Waals surface area (Å²) in [6.07, 6.45) is 0. The van der Waals surface area contributed by atoms with Gasteiger partial charge in [0.25, 0.3) is 0 Å². The highest BCUT2D eigenvalue weighted by molar-refractivity contribution is 7.10. The van der Waals surface area contributed by atoms with E-state index in [1.165, 1.54) is 4.88 Å². The maximum Gasteiger partial charge on any atom is 0.0630 e. The number of benzene rings is 1. The van der Waals surface area contributed by atoms with Crippen LogP contribution in [-0.4, -0.2) is 0 Å². The first kappa shape index (κ1) is 13.2. The minimum absolute atomic E-state index is 0.255. The molecule has 0 aliphatic heterocycles. The van der Waals surface area contributed by atoms with Crippen LogP contribution in [0.2, 0.25) is 5.02 Å². The lowest BCUT2D eigenvalue weighted by molar-refractivity contribution is 0.554. The second kappa shape index (κ2) is 5.63. The van der Waals surface area contributed by atoms with E-state index >= 15 is 0 Å². The zero-order chi connectivity index (χ0) is 13.1. The van der Waals surface area contributed by atoms with Crippen molar-refractivity contribution < 1.29 is 0 Å². The van der Waals surface area contributed by atoms with Crippen LogP contribution in [0.5, 0.6) is 0 Å². The zero-order valence-electron chi connectivity index (χ0n) is 10.5. The Morgan fingerprint density at radius 1 is 1.28 bits per heavy atom. The Morgan fingerprint density at radius 2 is 2.06 bits per heavy atom. The summed E-state index contributed by atoms with van der Waals surface area (Å²) in [4.78, 5) is 1.31. The quantitative estimate of drug-likeness (QED) is 0.790. The highest BCUT2D eigenvalue weighted by Crippen LogP contribution is 2.32. The fourth-order valence-electron chi connectivity index (χ4n) is 1.86. The molecular formula is C14H17ClN2S. The monoisotopic (exact) mass is 280 g/mol. The highest BCUT2D eigenvalue weighted by atomic mass is 35.5. The van der Waals surface area contributed by atoms with Crippen molar-refractivity contribution in [3.63, 3.8) is 0 Å². The van der Waals surface area contributed by atoms with Crippen molar-refractivity contribution in [2.45, 2.75) is 19.9 Å². The maximum atomic E-state index is 6.01. The van der Waals surface area contributed by atoms with E-state index < -0.39 is 0 Å². The van der Waals surface area contributed by atoms with Crippen LogP contribution in [-0.2, 0) is 0 Å². The lowest BCUT2D eigenvalue weighted by Crippen LogP contribution is -2.16. The van der Waals surface area contributed by atoms with E-state index in [1.54, 1.807) is 17.4 Å². The van der Waals surface area contributed by atoms with Gasteiger partial charge in [-0.3, -0.25) is 0 Å². The molecular weight excluding hydrogens is 264 g/mol.